The molecule has 3 nitrogen and oxygen atoms in total. The van der Waals surface area contributed by atoms with Gasteiger partial charge in [0.1, 0.15) is 6.07 Å². The van der Waals surface area contributed by atoms with Gasteiger partial charge in [0.15, 0.2) is 0 Å². The summed E-state index contributed by atoms with van der Waals surface area (Å²) in [6.07, 6.45) is 4.38. The number of hydrogen-bond donors (Lipinski definition) is 1. The van der Waals surface area contributed by atoms with Crippen LogP contribution in [0.2, 0.25) is 0 Å². The second-order valence-corrected chi connectivity index (χ2v) is 4.62. The minimum atomic E-state index is -0.357. The number of aliphatic hydroxyl groups excluding tert-OH is 1. The summed E-state index contributed by atoms with van der Waals surface area (Å²) in [7, 11) is 0. The maximum absolute atomic E-state index is 9.97. The van der Waals surface area contributed by atoms with Gasteiger partial charge in [0.25, 0.3) is 0 Å². The summed E-state index contributed by atoms with van der Waals surface area (Å²) in [5, 5.41) is 19.1. The van der Waals surface area contributed by atoms with Crippen LogP contribution in [0.1, 0.15) is 35.8 Å². The van der Waals surface area contributed by atoms with Crippen LogP contribution < -0.4 is 0 Å². The molecule has 1 aliphatic carbocycles. The van der Waals surface area contributed by atoms with Crippen LogP contribution in [0.4, 0.5) is 0 Å². The average Bonchev–Trinajstić information content (AvgIpc) is 2.84. The SMILES string of the molecule is N#Cc1ccccc1-n1ccc2c1CCCC2O. The number of rotatable bonds is 1. The highest BCUT2D eigenvalue weighted by atomic mass is 16.3. The molecule has 0 amide bonds. The number of fused-ring (bicyclic) bond motifs is 1. The van der Waals surface area contributed by atoms with E-state index in [2.05, 4.69) is 6.07 Å². The zero-order valence-corrected chi connectivity index (χ0v) is 10.0. The fraction of sp³-hybridized carbons (Fsp3) is 0.267. The van der Waals surface area contributed by atoms with Crippen molar-refractivity contribution in [1.82, 2.24) is 4.57 Å². The summed E-state index contributed by atoms with van der Waals surface area (Å²) in [6.45, 7) is 0. The van der Waals surface area contributed by atoms with E-state index in [1.165, 1.54) is 0 Å². The van der Waals surface area contributed by atoms with Crippen LogP contribution in [0.15, 0.2) is 36.5 Å². The number of para-hydroxylation sites is 1. The molecular formula is C15H14N2O. The van der Waals surface area contributed by atoms with Crippen LogP contribution in [0.3, 0.4) is 0 Å². The van der Waals surface area contributed by atoms with Crippen molar-refractivity contribution in [3.8, 4) is 11.8 Å². The van der Waals surface area contributed by atoms with E-state index < -0.39 is 0 Å². The standard InChI is InChI=1S/C15H14N2O/c16-10-11-4-1-2-5-13(11)17-9-8-12-14(17)6-3-7-15(12)18/h1-2,4-5,8-9,15,18H,3,6-7H2. The summed E-state index contributed by atoms with van der Waals surface area (Å²) >= 11 is 0. The van der Waals surface area contributed by atoms with Gasteiger partial charge in [0, 0.05) is 17.5 Å². The van der Waals surface area contributed by atoms with Gasteiger partial charge in [-0.2, -0.15) is 5.26 Å². The average molecular weight is 238 g/mol. The molecule has 1 atom stereocenters. The predicted octanol–water partition coefficient (Wildman–Crippen LogP) is 2.72. The van der Waals surface area contributed by atoms with Crippen LogP contribution >= 0.6 is 0 Å². The lowest BCUT2D eigenvalue weighted by Crippen LogP contribution is -2.11. The Morgan fingerprint density at radius 3 is 2.94 bits per heavy atom. The van der Waals surface area contributed by atoms with Crippen molar-refractivity contribution >= 4 is 0 Å². The summed E-state index contributed by atoms with van der Waals surface area (Å²) in [5.74, 6) is 0. The number of hydrogen-bond acceptors (Lipinski definition) is 2. The molecule has 3 heteroatoms. The van der Waals surface area contributed by atoms with E-state index in [0.29, 0.717) is 5.56 Å². The first-order chi connectivity index (χ1) is 8.81. The van der Waals surface area contributed by atoms with Crippen LogP contribution in [-0.2, 0) is 6.42 Å². The fourth-order valence-electron chi connectivity index (χ4n) is 2.67. The highest BCUT2D eigenvalue weighted by Crippen LogP contribution is 2.32. The zero-order valence-electron chi connectivity index (χ0n) is 10.0. The Morgan fingerprint density at radius 1 is 1.28 bits per heavy atom. The molecule has 0 saturated carbocycles. The lowest BCUT2D eigenvalue weighted by molar-refractivity contribution is 0.156. The molecule has 1 unspecified atom stereocenters. The van der Waals surface area contributed by atoms with E-state index in [-0.39, 0.29) is 6.10 Å². The molecule has 3 rings (SSSR count). The third-order valence-electron chi connectivity index (χ3n) is 3.56. The number of nitrogens with zero attached hydrogens (tertiary/aromatic N) is 2. The third-order valence-corrected chi connectivity index (χ3v) is 3.56. The Hall–Kier alpha value is -2.05. The second-order valence-electron chi connectivity index (χ2n) is 4.62. The Labute approximate surface area is 106 Å². The number of benzene rings is 1. The molecule has 0 radical (unpaired) electrons. The normalized spacial score (nSPS) is 18.1. The predicted molar refractivity (Wildman–Crippen MR) is 68.4 cm³/mol. The molecule has 1 aromatic heterocycles. The molecule has 1 aromatic carbocycles. The van der Waals surface area contributed by atoms with Gasteiger partial charge < -0.3 is 9.67 Å². The molecule has 0 saturated heterocycles. The van der Waals surface area contributed by atoms with E-state index in [1.807, 2.05) is 41.1 Å². The molecule has 0 spiro atoms. The van der Waals surface area contributed by atoms with Crippen LogP contribution in [-0.4, -0.2) is 9.67 Å². The topological polar surface area (TPSA) is 49.0 Å². The van der Waals surface area contributed by atoms with Crippen LogP contribution in [0.25, 0.3) is 5.69 Å². The number of nitriles is 1. The molecular weight excluding hydrogens is 224 g/mol. The largest absolute Gasteiger partial charge is 0.388 e. The van der Waals surface area contributed by atoms with Gasteiger partial charge in [-0.3, -0.25) is 0 Å². The Balaban J connectivity index is 2.16. The quantitative estimate of drug-likeness (QED) is 0.830. The number of aliphatic hydroxyl groups is 1. The highest BCUT2D eigenvalue weighted by Gasteiger charge is 2.22. The van der Waals surface area contributed by atoms with Gasteiger partial charge in [0.05, 0.1) is 17.4 Å². The van der Waals surface area contributed by atoms with Crippen LogP contribution in [0, 0.1) is 11.3 Å². The van der Waals surface area contributed by atoms with Gasteiger partial charge in [-0.25, -0.2) is 0 Å². The van der Waals surface area contributed by atoms with E-state index in [9.17, 15) is 5.11 Å². The summed E-state index contributed by atoms with van der Waals surface area (Å²) < 4.78 is 2.04. The minimum Gasteiger partial charge on any atom is -0.388 e. The number of aromatic nitrogens is 1. The van der Waals surface area contributed by atoms with Crippen molar-refractivity contribution in [2.24, 2.45) is 0 Å². The van der Waals surface area contributed by atoms with E-state index in [1.54, 1.807) is 0 Å². The molecule has 0 fully saturated rings. The molecule has 1 heterocycles. The van der Waals surface area contributed by atoms with E-state index in [0.717, 1.165) is 36.2 Å². The molecule has 1 N–H and O–H groups in total. The summed E-state index contributed by atoms with van der Waals surface area (Å²) in [5.41, 5.74) is 3.71. The molecule has 0 bridgehead atoms. The maximum Gasteiger partial charge on any atom is 0.101 e. The molecule has 18 heavy (non-hydrogen) atoms. The zero-order chi connectivity index (χ0) is 12.5. The Bertz CT molecular complexity index is 622. The summed E-state index contributed by atoms with van der Waals surface area (Å²) in [4.78, 5) is 0. The lowest BCUT2D eigenvalue weighted by atomic mass is 9.95. The monoisotopic (exact) mass is 238 g/mol. The first-order valence-corrected chi connectivity index (χ1v) is 6.19. The first kappa shape index (κ1) is 11.1. The van der Waals surface area contributed by atoms with E-state index >= 15 is 0 Å². The van der Waals surface area contributed by atoms with Crippen molar-refractivity contribution in [1.29, 1.82) is 5.26 Å². The smallest absolute Gasteiger partial charge is 0.101 e. The van der Waals surface area contributed by atoms with Gasteiger partial charge in [-0.1, -0.05) is 12.1 Å². The van der Waals surface area contributed by atoms with E-state index in [4.69, 9.17) is 5.26 Å². The molecule has 1 aliphatic rings. The molecule has 90 valence electrons. The van der Waals surface area contributed by atoms with Gasteiger partial charge in [-0.05, 0) is 37.5 Å². The van der Waals surface area contributed by atoms with Crippen molar-refractivity contribution < 1.29 is 5.11 Å². The molecule has 2 aromatic rings. The molecule has 0 aliphatic heterocycles. The van der Waals surface area contributed by atoms with Gasteiger partial charge in [-0.15, -0.1) is 0 Å². The Morgan fingerprint density at radius 2 is 2.11 bits per heavy atom. The third kappa shape index (κ3) is 1.62. The van der Waals surface area contributed by atoms with Crippen molar-refractivity contribution in [3.63, 3.8) is 0 Å². The van der Waals surface area contributed by atoms with Crippen LogP contribution in [0.5, 0.6) is 0 Å². The maximum atomic E-state index is 9.97. The van der Waals surface area contributed by atoms with Gasteiger partial charge >= 0.3 is 0 Å². The van der Waals surface area contributed by atoms with Gasteiger partial charge in [0.2, 0.25) is 0 Å². The Kier molecular flexibility index (Phi) is 2.66. The second kappa shape index (κ2) is 4.32. The minimum absolute atomic E-state index is 0.357. The summed E-state index contributed by atoms with van der Waals surface area (Å²) in [6, 6.07) is 11.7. The van der Waals surface area contributed by atoms with Crippen molar-refractivity contribution in [2.75, 3.05) is 0 Å². The first-order valence-electron chi connectivity index (χ1n) is 6.19. The highest BCUT2D eigenvalue weighted by molar-refractivity contribution is 5.51. The van der Waals surface area contributed by atoms with Crippen molar-refractivity contribution in [3.05, 3.63) is 53.3 Å². The lowest BCUT2D eigenvalue weighted by Gasteiger charge is -2.20. The fourth-order valence-corrected chi connectivity index (χ4v) is 2.67. The van der Waals surface area contributed by atoms with Crippen molar-refractivity contribution in [2.45, 2.75) is 25.4 Å².